The van der Waals surface area contributed by atoms with Crippen molar-refractivity contribution in [3.63, 3.8) is 0 Å². The van der Waals surface area contributed by atoms with Crippen molar-refractivity contribution in [1.29, 1.82) is 0 Å². The first-order chi connectivity index (χ1) is 6.64. The minimum absolute atomic E-state index is 1.22. The number of nitrogens with zero attached hydrogens (tertiary/aromatic N) is 1. The third-order valence-corrected chi connectivity index (χ3v) is 6.05. The van der Waals surface area contributed by atoms with Gasteiger partial charge in [0.2, 0.25) is 8.24 Å². The number of anilines is 1. The zero-order valence-corrected chi connectivity index (χ0v) is 9.90. The number of benzene rings is 1. The molecule has 0 N–H and O–H groups in total. The third-order valence-electron chi connectivity index (χ3n) is 2.69. The zero-order valence-electron chi connectivity index (χ0n) is 8.90. The summed E-state index contributed by atoms with van der Waals surface area (Å²) in [5, 5.41) is 0. The predicted molar refractivity (Wildman–Crippen MR) is 66.9 cm³/mol. The lowest BCUT2D eigenvalue weighted by Gasteiger charge is -2.33. The number of para-hydroxylation sites is 1. The van der Waals surface area contributed by atoms with Crippen molar-refractivity contribution in [3.05, 3.63) is 54.9 Å². The Morgan fingerprint density at radius 1 is 1.14 bits per heavy atom. The first kappa shape index (κ1) is 10.8. The molecule has 0 saturated heterocycles. The van der Waals surface area contributed by atoms with Crippen molar-refractivity contribution in [2.75, 3.05) is 11.6 Å². The Morgan fingerprint density at radius 2 is 1.64 bits per heavy atom. The Labute approximate surface area is 87.5 Å². The molecule has 0 saturated carbocycles. The molecule has 0 atom stereocenters. The highest BCUT2D eigenvalue weighted by molar-refractivity contribution is 6.90. The summed E-state index contributed by atoms with van der Waals surface area (Å²) in [6.45, 7) is 10.0. The zero-order chi connectivity index (χ0) is 10.6. The van der Waals surface area contributed by atoms with E-state index in [0.717, 1.165) is 0 Å². The SMILES string of the molecule is C=C[Si](C)(C=C)N(C)c1ccccc1. The fraction of sp³-hybridized carbons (Fsp3) is 0.167. The van der Waals surface area contributed by atoms with Gasteiger partial charge in [-0.15, -0.1) is 13.2 Å². The van der Waals surface area contributed by atoms with E-state index in [1.54, 1.807) is 0 Å². The molecule has 1 rings (SSSR count). The second-order valence-electron chi connectivity index (χ2n) is 3.53. The lowest BCUT2D eigenvalue weighted by molar-refractivity contribution is 1.28. The Morgan fingerprint density at radius 3 is 2.07 bits per heavy atom. The summed E-state index contributed by atoms with van der Waals surface area (Å²) in [6, 6.07) is 10.3. The molecule has 1 aromatic rings. The van der Waals surface area contributed by atoms with Gasteiger partial charge in [-0.2, -0.15) is 0 Å². The maximum Gasteiger partial charge on any atom is 0.201 e. The Bertz CT molecular complexity index is 310. The van der Waals surface area contributed by atoms with E-state index < -0.39 is 8.24 Å². The van der Waals surface area contributed by atoms with Gasteiger partial charge in [0.15, 0.2) is 0 Å². The number of hydrogen-bond donors (Lipinski definition) is 0. The van der Waals surface area contributed by atoms with Crippen LogP contribution in [0.25, 0.3) is 0 Å². The summed E-state index contributed by atoms with van der Waals surface area (Å²) in [5.41, 5.74) is 5.29. The van der Waals surface area contributed by atoms with Crippen LogP contribution in [0.2, 0.25) is 6.55 Å². The molecule has 1 aromatic carbocycles. The minimum Gasteiger partial charge on any atom is -0.394 e. The lowest BCUT2D eigenvalue weighted by Crippen LogP contribution is -2.46. The third kappa shape index (κ3) is 1.96. The summed E-state index contributed by atoms with van der Waals surface area (Å²) in [7, 11) is 0.422. The molecule has 2 heteroatoms. The Balaban J connectivity index is 3.00. The maximum absolute atomic E-state index is 3.90. The summed E-state index contributed by atoms with van der Waals surface area (Å²) < 4.78 is 2.28. The van der Waals surface area contributed by atoms with Gasteiger partial charge in [0.1, 0.15) is 0 Å². The molecule has 0 aliphatic rings. The molecule has 0 fully saturated rings. The molecule has 0 radical (unpaired) electrons. The van der Waals surface area contributed by atoms with Crippen LogP contribution in [0, 0.1) is 0 Å². The van der Waals surface area contributed by atoms with E-state index in [1.165, 1.54) is 5.69 Å². The Hall–Kier alpha value is -1.28. The molecule has 0 aliphatic heterocycles. The molecule has 0 bridgehead atoms. The first-order valence-electron chi connectivity index (χ1n) is 4.70. The van der Waals surface area contributed by atoms with Gasteiger partial charge in [-0.3, -0.25) is 0 Å². The first-order valence-corrected chi connectivity index (χ1v) is 7.30. The van der Waals surface area contributed by atoms with Crippen molar-refractivity contribution in [2.45, 2.75) is 6.55 Å². The van der Waals surface area contributed by atoms with Gasteiger partial charge >= 0.3 is 0 Å². The minimum atomic E-state index is -1.68. The van der Waals surface area contributed by atoms with E-state index in [1.807, 2.05) is 29.6 Å². The van der Waals surface area contributed by atoms with Gasteiger partial charge in [-0.1, -0.05) is 29.6 Å². The van der Waals surface area contributed by atoms with Gasteiger partial charge in [-0.05, 0) is 25.7 Å². The number of rotatable bonds is 4. The molecule has 0 aliphatic carbocycles. The monoisotopic (exact) mass is 203 g/mol. The van der Waals surface area contributed by atoms with E-state index in [9.17, 15) is 0 Å². The van der Waals surface area contributed by atoms with Crippen LogP contribution in [0.5, 0.6) is 0 Å². The fourth-order valence-corrected chi connectivity index (χ4v) is 2.71. The summed E-state index contributed by atoms with van der Waals surface area (Å²) >= 11 is 0. The molecule has 0 unspecified atom stereocenters. The van der Waals surface area contributed by atoms with Crippen LogP contribution in [0.1, 0.15) is 0 Å². The second-order valence-corrected chi connectivity index (χ2v) is 7.47. The van der Waals surface area contributed by atoms with E-state index in [-0.39, 0.29) is 0 Å². The highest BCUT2D eigenvalue weighted by Gasteiger charge is 2.25. The molecule has 14 heavy (non-hydrogen) atoms. The van der Waals surface area contributed by atoms with Gasteiger partial charge in [0, 0.05) is 5.69 Å². The van der Waals surface area contributed by atoms with E-state index in [4.69, 9.17) is 0 Å². The topological polar surface area (TPSA) is 3.24 Å². The average Bonchev–Trinajstić information content (AvgIpc) is 2.28. The molecule has 0 aromatic heterocycles. The highest BCUT2D eigenvalue weighted by Crippen LogP contribution is 2.20. The van der Waals surface area contributed by atoms with Crippen LogP contribution in [0.3, 0.4) is 0 Å². The summed E-state index contributed by atoms with van der Waals surface area (Å²) in [6.07, 6.45) is 0. The van der Waals surface area contributed by atoms with Crippen molar-refractivity contribution < 1.29 is 0 Å². The van der Waals surface area contributed by atoms with Gasteiger partial charge in [0.05, 0.1) is 0 Å². The molecular formula is C12H17NSi. The van der Waals surface area contributed by atoms with Crippen LogP contribution in [0.4, 0.5) is 5.69 Å². The molecule has 0 amide bonds. The normalized spacial score (nSPS) is 10.7. The van der Waals surface area contributed by atoms with Gasteiger partial charge in [0.25, 0.3) is 0 Å². The summed E-state index contributed by atoms with van der Waals surface area (Å²) in [4.78, 5) is 0. The van der Waals surface area contributed by atoms with Crippen molar-refractivity contribution in [3.8, 4) is 0 Å². The molecule has 1 nitrogen and oxygen atoms in total. The standard InChI is InChI=1S/C12H17NSi/c1-5-14(4,6-2)13(3)12-10-8-7-9-11-12/h5-11H,1-2H2,3-4H3. The average molecular weight is 203 g/mol. The molecule has 0 heterocycles. The van der Waals surface area contributed by atoms with Crippen molar-refractivity contribution in [2.24, 2.45) is 0 Å². The molecule has 0 spiro atoms. The van der Waals surface area contributed by atoms with Crippen LogP contribution >= 0.6 is 0 Å². The maximum atomic E-state index is 3.90. The van der Waals surface area contributed by atoms with E-state index in [0.29, 0.717) is 0 Å². The van der Waals surface area contributed by atoms with E-state index >= 15 is 0 Å². The molecular weight excluding hydrogens is 186 g/mol. The summed E-state index contributed by atoms with van der Waals surface area (Å²) in [5.74, 6) is 0. The largest absolute Gasteiger partial charge is 0.394 e. The lowest BCUT2D eigenvalue weighted by atomic mass is 10.3. The van der Waals surface area contributed by atoms with Gasteiger partial charge in [-0.25, -0.2) is 0 Å². The smallest absolute Gasteiger partial charge is 0.201 e. The second kappa shape index (κ2) is 4.29. The number of hydrogen-bond acceptors (Lipinski definition) is 1. The van der Waals surface area contributed by atoms with Crippen LogP contribution in [-0.2, 0) is 0 Å². The van der Waals surface area contributed by atoms with Crippen molar-refractivity contribution >= 4 is 13.9 Å². The van der Waals surface area contributed by atoms with Crippen LogP contribution in [-0.4, -0.2) is 15.3 Å². The van der Waals surface area contributed by atoms with E-state index in [2.05, 4.69) is 43.5 Å². The highest BCUT2D eigenvalue weighted by atomic mass is 28.3. The Kier molecular flexibility index (Phi) is 3.31. The van der Waals surface area contributed by atoms with Crippen LogP contribution < -0.4 is 4.57 Å². The quantitative estimate of drug-likeness (QED) is 0.680. The van der Waals surface area contributed by atoms with Gasteiger partial charge < -0.3 is 4.57 Å². The van der Waals surface area contributed by atoms with Crippen LogP contribution in [0.15, 0.2) is 54.9 Å². The molecule has 74 valence electrons. The van der Waals surface area contributed by atoms with Crippen molar-refractivity contribution in [1.82, 2.24) is 0 Å². The fourth-order valence-electron chi connectivity index (χ4n) is 1.29. The predicted octanol–water partition coefficient (Wildman–Crippen LogP) is 3.15.